The molecule has 0 aromatic carbocycles. The van der Waals surface area contributed by atoms with Crippen molar-refractivity contribution in [2.24, 2.45) is 0 Å². The average Bonchev–Trinajstić information content (AvgIpc) is 2.21. The highest BCUT2D eigenvalue weighted by molar-refractivity contribution is 5.87. The second kappa shape index (κ2) is 4.73. The Morgan fingerprint density at radius 2 is 2.25 bits per heavy atom. The summed E-state index contributed by atoms with van der Waals surface area (Å²) in [5.41, 5.74) is -2.47. The molecule has 0 amide bonds. The highest BCUT2D eigenvalue weighted by Crippen LogP contribution is 2.23. The molecule has 0 bridgehead atoms. The summed E-state index contributed by atoms with van der Waals surface area (Å²) in [5, 5.41) is 9.03. The summed E-state index contributed by atoms with van der Waals surface area (Å²) in [6.07, 6.45) is -3.08. The van der Waals surface area contributed by atoms with Crippen LogP contribution in [0.2, 0.25) is 0 Å². The van der Waals surface area contributed by atoms with Gasteiger partial charge in [0.25, 0.3) is 6.43 Å². The van der Waals surface area contributed by atoms with Gasteiger partial charge >= 0.3 is 5.97 Å². The Bertz CT molecular complexity index is 455. The highest BCUT2D eigenvalue weighted by Gasteiger charge is 2.20. The van der Waals surface area contributed by atoms with Crippen molar-refractivity contribution in [3.05, 3.63) is 27.7 Å². The lowest BCUT2D eigenvalue weighted by atomic mass is 10.2. The fourth-order valence-corrected chi connectivity index (χ4v) is 1.05. The Morgan fingerprint density at radius 1 is 1.62 bits per heavy atom. The molecule has 0 aliphatic rings. The molecule has 0 unspecified atom stereocenters. The number of aromatic amines is 1. The normalized spacial score (nSPS) is 10.5. The molecule has 1 heterocycles. The summed E-state index contributed by atoms with van der Waals surface area (Å²) in [5.74, 6) is -2.02. The van der Waals surface area contributed by atoms with Crippen LogP contribution in [0.1, 0.15) is 29.5 Å². The Kier molecular flexibility index (Phi) is 3.60. The van der Waals surface area contributed by atoms with E-state index < -0.39 is 35.0 Å². The van der Waals surface area contributed by atoms with Crippen molar-refractivity contribution in [2.75, 3.05) is 6.61 Å². The van der Waals surface area contributed by atoms with Crippen molar-refractivity contribution in [3.8, 4) is 5.75 Å². The lowest BCUT2D eigenvalue weighted by molar-refractivity contribution is 0.0517. The Hall–Kier alpha value is -1.92. The molecule has 0 fully saturated rings. The summed E-state index contributed by atoms with van der Waals surface area (Å²) < 4.78 is 29.2. The predicted molar refractivity (Wildman–Crippen MR) is 49.6 cm³/mol. The summed E-state index contributed by atoms with van der Waals surface area (Å²) in [4.78, 5) is 24.2. The van der Waals surface area contributed by atoms with Crippen LogP contribution >= 0.6 is 0 Å². The molecule has 1 rings (SSSR count). The zero-order valence-electron chi connectivity index (χ0n) is 8.29. The van der Waals surface area contributed by atoms with Crippen LogP contribution < -0.4 is 5.43 Å². The fourth-order valence-electron chi connectivity index (χ4n) is 1.05. The number of alkyl halides is 2. The zero-order chi connectivity index (χ0) is 12.3. The number of pyridine rings is 1. The Morgan fingerprint density at radius 3 is 2.75 bits per heavy atom. The van der Waals surface area contributed by atoms with Crippen LogP contribution in [0, 0.1) is 0 Å². The first-order chi connectivity index (χ1) is 7.47. The van der Waals surface area contributed by atoms with Gasteiger partial charge in [-0.3, -0.25) is 4.79 Å². The smallest absolute Gasteiger partial charge is 0.354 e. The number of H-pyrrole nitrogens is 1. The molecule has 0 radical (unpaired) electrons. The van der Waals surface area contributed by atoms with Gasteiger partial charge in [0.2, 0.25) is 5.43 Å². The van der Waals surface area contributed by atoms with Gasteiger partial charge in [0, 0.05) is 6.07 Å². The number of ether oxygens (including phenoxy) is 1. The first kappa shape index (κ1) is 12.2. The maximum Gasteiger partial charge on any atom is 0.354 e. The number of aromatic hydroxyl groups is 1. The van der Waals surface area contributed by atoms with Crippen molar-refractivity contribution in [3.63, 3.8) is 0 Å². The van der Waals surface area contributed by atoms with Gasteiger partial charge in [0.15, 0.2) is 5.75 Å². The predicted octanol–water partition coefficient (Wildman–Crippen LogP) is 1.19. The standard InChI is InChI=1S/C9H9F2NO4/c1-2-16-9(15)4-3-5(13)7(14)6(12-4)8(10)11/h3,8,14H,2H2,1H3,(H,12,13). The van der Waals surface area contributed by atoms with Crippen molar-refractivity contribution < 1.29 is 23.4 Å². The van der Waals surface area contributed by atoms with Crippen LogP contribution in [-0.4, -0.2) is 22.7 Å². The van der Waals surface area contributed by atoms with Crippen LogP contribution in [0.15, 0.2) is 10.9 Å². The summed E-state index contributed by atoms with van der Waals surface area (Å²) in [7, 11) is 0. The van der Waals surface area contributed by atoms with E-state index in [2.05, 4.69) is 4.74 Å². The van der Waals surface area contributed by atoms with Crippen LogP contribution in [0.3, 0.4) is 0 Å². The van der Waals surface area contributed by atoms with Gasteiger partial charge in [0.1, 0.15) is 11.4 Å². The molecule has 0 aliphatic heterocycles. The van der Waals surface area contributed by atoms with Gasteiger partial charge in [-0.1, -0.05) is 0 Å². The van der Waals surface area contributed by atoms with Gasteiger partial charge in [-0.05, 0) is 6.92 Å². The van der Waals surface area contributed by atoms with E-state index in [-0.39, 0.29) is 6.61 Å². The minimum atomic E-state index is -3.08. The van der Waals surface area contributed by atoms with E-state index in [0.717, 1.165) is 0 Å². The third-order valence-electron chi connectivity index (χ3n) is 1.75. The number of hydrogen-bond acceptors (Lipinski definition) is 4. The first-order valence-corrected chi connectivity index (χ1v) is 4.38. The van der Waals surface area contributed by atoms with Crippen LogP contribution in [0.25, 0.3) is 0 Å². The number of rotatable bonds is 3. The first-order valence-electron chi connectivity index (χ1n) is 4.38. The number of nitrogens with one attached hydrogen (secondary N) is 1. The van der Waals surface area contributed by atoms with Crippen molar-refractivity contribution in [1.29, 1.82) is 0 Å². The quantitative estimate of drug-likeness (QED) is 0.768. The second-order valence-electron chi connectivity index (χ2n) is 2.83. The minimum Gasteiger partial charge on any atom is -0.503 e. The molecule has 0 aliphatic carbocycles. The molecule has 2 N–H and O–H groups in total. The molecular formula is C9H9F2NO4. The van der Waals surface area contributed by atoms with Gasteiger partial charge in [-0.15, -0.1) is 0 Å². The maximum absolute atomic E-state index is 12.4. The van der Waals surface area contributed by atoms with Gasteiger partial charge in [0.05, 0.1) is 6.61 Å². The molecule has 0 saturated carbocycles. The molecular weight excluding hydrogens is 224 g/mol. The fraction of sp³-hybridized carbons (Fsp3) is 0.333. The molecule has 88 valence electrons. The maximum atomic E-state index is 12.4. The van der Waals surface area contributed by atoms with Crippen LogP contribution in [0.5, 0.6) is 5.75 Å². The molecule has 0 saturated heterocycles. The monoisotopic (exact) mass is 233 g/mol. The average molecular weight is 233 g/mol. The molecule has 1 aromatic rings. The van der Waals surface area contributed by atoms with Gasteiger partial charge in [-0.25, -0.2) is 13.6 Å². The van der Waals surface area contributed by atoms with Crippen LogP contribution in [-0.2, 0) is 4.74 Å². The molecule has 7 heteroatoms. The SMILES string of the molecule is CCOC(=O)c1cc(=O)c(O)c(C(F)F)[nH]1. The number of esters is 1. The molecule has 0 atom stereocenters. The van der Waals surface area contributed by atoms with Gasteiger partial charge < -0.3 is 14.8 Å². The minimum absolute atomic E-state index is 0.0474. The lowest BCUT2D eigenvalue weighted by Gasteiger charge is -2.06. The van der Waals surface area contributed by atoms with Crippen molar-refractivity contribution in [1.82, 2.24) is 4.98 Å². The number of halogens is 2. The zero-order valence-corrected chi connectivity index (χ0v) is 8.29. The van der Waals surface area contributed by atoms with E-state index in [1.165, 1.54) is 6.92 Å². The van der Waals surface area contributed by atoms with Crippen molar-refractivity contribution >= 4 is 5.97 Å². The number of carbonyl (C=O) groups excluding carboxylic acids is 1. The van der Waals surface area contributed by atoms with E-state index >= 15 is 0 Å². The Balaban J connectivity index is 3.24. The molecule has 1 aromatic heterocycles. The molecule has 0 spiro atoms. The number of carbonyl (C=O) groups is 1. The van der Waals surface area contributed by atoms with E-state index in [4.69, 9.17) is 5.11 Å². The third kappa shape index (κ3) is 2.36. The van der Waals surface area contributed by atoms with E-state index in [0.29, 0.717) is 6.07 Å². The molecule has 5 nitrogen and oxygen atoms in total. The topological polar surface area (TPSA) is 79.4 Å². The van der Waals surface area contributed by atoms with E-state index in [9.17, 15) is 18.4 Å². The van der Waals surface area contributed by atoms with E-state index in [1.54, 1.807) is 0 Å². The van der Waals surface area contributed by atoms with Gasteiger partial charge in [-0.2, -0.15) is 0 Å². The van der Waals surface area contributed by atoms with E-state index in [1.807, 2.05) is 4.98 Å². The summed E-state index contributed by atoms with van der Waals surface area (Å²) in [6.45, 7) is 1.58. The number of aromatic nitrogens is 1. The third-order valence-corrected chi connectivity index (χ3v) is 1.75. The largest absolute Gasteiger partial charge is 0.503 e. The number of hydrogen-bond donors (Lipinski definition) is 2. The summed E-state index contributed by atoms with van der Waals surface area (Å²) >= 11 is 0. The molecule has 16 heavy (non-hydrogen) atoms. The van der Waals surface area contributed by atoms with Crippen LogP contribution in [0.4, 0.5) is 8.78 Å². The lowest BCUT2D eigenvalue weighted by Crippen LogP contribution is -2.14. The summed E-state index contributed by atoms with van der Waals surface area (Å²) in [6, 6.07) is 0.708. The van der Waals surface area contributed by atoms with Crippen molar-refractivity contribution in [2.45, 2.75) is 13.3 Å². The highest BCUT2D eigenvalue weighted by atomic mass is 19.3. The Labute approximate surface area is 88.7 Å². The second-order valence-corrected chi connectivity index (χ2v) is 2.83.